The Morgan fingerprint density at radius 2 is 1.86 bits per heavy atom. The van der Waals surface area contributed by atoms with Crippen LogP contribution >= 0.6 is 0 Å². The van der Waals surface area contributed by atoms with Gasteiger partial charge in [-0.15, -0.1) is 0 Å². The Labute approximate surface area is 211 Å². The summed E-state index contributed by atoms with van der Waals surface area (Å²) in [5.41, 5.74) is 4.00. The third-order valence-corrected chi connectivity index (χ3v) is 5.30. The van der Waals surface area contributed by atoms with Gasteiger partial charge >= 0.3 is 12.1 Å². The van der Waals surface area contributed by atoms with Gasteiger partial charge in [0.1, 0.15) is 12.3 Å². The van der Waals surface area contributed by atoms with Crippen molar-refractivity contribution in [3.63, 3.8) is 0 Å². The van der Waals surface area contributed by atoms with Crippen molar-refractivity contribution < 1.29 is 37.2 Å². The second kappa shape index (κ2) is 13.1. The van der Waals surface area contributed by atoms with Crippen molar-refractivity contribution in [1.29, 1.82) is 0 Å². The van der Waals surface area contributed by atoms with E-state index < -0.39 is 35.6 Å². The summed E-state index contributed by atoms with van der Waals surface area (Å²) in [6.45, 7) is 0.672. The quantitative estimate of drug-likeness (QED) is 0.289. The molecule has 1 aromatic heterocycles. The van der Waals surface area contributed by atoms with Crippen LogP contribution in [0.15, 0.2) is 59.1 Å². The van der Waals surface area contributed by atoms with E-state index in [1.54, 1.807) is 0 Å². The van der Waals surface area contributed by atoms with Crippen molar-refractivity contribution in [3.8, 4) is 11.3 Å². The van der Waals surface area contributed by atoms with E-state index in [0.29, 0.717) is 5.69 Å². The predicted molar refractivity (Wildman–Crippen MR) is 128 cm³/mol. The van der Waals surface area contributed by atoms with Crippen molar-refractivity contribution in [2.24, 2.45) is 0 Å². The zero-order chi connectivity index (χ0) is 26.8. The summed E-state index contributed by atoms with van der Waals surface area (Å²) in [5, 5.41) is 7.40. The molecule has 0 aliphatic rings. The van der Waals surface area contributed by atoms with Crippen LogP contribution in [0.2, 0.25) is 0 Å². The molecule has 0 saturated carbocycles. The maximum absolute atomic E-state index is 14.1. The van der Waals surface area contributed by atoms with Crippen molar-refractivity contribution in [1.82, 2.24) is 15.6 Å². The monoisotopic (exact) mass is 516 g/mol. The minimum Gasteiger partial charge on any atom is -0.469 e. The Morgan fingerprint density at radius 3 is 2.57 bits per heavy atom. The van der Waals surface area contributed by atoms with Gasteiger partial charge in [-0.2, -0.15) is 0 Å². The molecule has 0 saturated heterocycles. The number of hydrazine groups is 1. The SMILES string of the molecule is COC(=O)CC[C@@H](COC(=O)Nc1cc(-c2ccccc2)no1)N(NCc1cccc(F)c1F)C(C)=O. The van der Waals surface area contributed by atoms with Crippen LogP contribution in [0.1, 0.15) is 25.3 Å². The van der Waals surface area contributed by atoms with Gasteiger partial charge in [-0.3, -0.25) is 19.9 Å². The van der Waals surface area contributed by atoms with Crippen molar-refractivity contribution in [3.05, 3.63) is 71.8 Å². The Hall–Kier alpha value is -4.32. The van der Waals surface area contributed by atoms with Gasteiger partial charge in [-0.25, -0.2) is 19.0 Å². The molecule has 3 aromatic rings. The number of methoxy groups -OCH3 is 1. The van der Waals surface area contributed by atoms with Gasteiger partial charge in [0.15, 0.2) is 11.6 Å². The lowest BCUT2D eigenvalue weighted by atomic mass is 10.1. The number of nitrogens with one attached hydrogen (secondary N) is 2. The van der Waals surface area contributed by atoms with E-state index in [2.05, 4.69) is 20.6 Å². The fraction of sp³-hybridized carbons (Fsp3) is 0.280. The first kappa shape index (κ1) is 27.3. The van der Waals surface area contributed by atoms with E-state index in [4.69, 9.17) is 9.26 Å². The third kappa shape index (κ3) is 7.84. The van der Waals surface area contributed by atoms with Gasteiger partial charge in [-0.1, -0.05) is 47.6 Å². The summed E-state index contributed by atoms with van der Waals surface area (Å²) in [6.07, 6.45) is -0.925. The van der Waals surface area contributed by atoms with E-state index >= 15 is 0 Å². The molecule has 10 nitrogen and oxygen atoms in total. The highest BCUT2D eigenvalue weighted by molar-refractivity contribution is 5.83. The number of anilines is 1. The van der Waals surface area contributed by atoms with Gasteiger partial charge in [0.2, 0.25) is 11.8 Å². The van der Waals surface area contributed by atoms with Crippen LogP contribution in [0.3, 0.4) is 0 Å². The Morgan fingerprint density at radius 1 is 1.11 bits per heavy atom. The predicted octanol–water partition coefficient (Wildman–Crippen LogP) is 4.04. The molecule has 0 aliphatic carbocycles. The lowest BCUT2D eigenvalue weighted by Gasteiger charge is -2.31. The highest BCUT2D eigenvalue weighted by atomic mass is 19.2. The molecule has 2 N–H and O–H groups in total. The number of carbonyl (C=O) groups excluding carboxylic acids is 3. The zero-order valence-corrected chi connectivity index (χ0v) is 20.2. The van der Waals surface area contributed by atoms with Crippen LogP contribution in [0, 0.1) is 11.6 Å². The molecular weight excluding hydrogens is 490 g/mol. The standard InChI is InChI=1S/C25H26F2N4O6/c1-16(32)31(28-14-18-9-6-10-20(26)24(18)27)19(11-12-23(33)35-2)15-36-25(34)29-22-13-21(30-37-22)17-7-4-3-5-8-17/h3-10,13,19,28H,11-12,14-15H2,1-2H3,(H,29,34)/t19-/m0/s1. The van der Waals surface area contributed by atoms with Gasteiger partial charge in [-0.05, 0) is 12.5 Å². The molecule has 2 amide bonds. The number of carbonyl (C=O) groups is 3. The molecule has 0 unspecified atom stereocenters. The number of nitrogens with zero attached hydrogens (tertiary/aromatic N) is 2. The molecule has 1 atom stereocenters. The second-order valence-electron chi connectivity index (χ2n) is 7.87. The minimum atomic E-state index is -1.05. The summed E-state index contributed by atoms with van der Waals surface area (Å²) in [7, 11) is 1.22. The molecule has 12 heteroatoms. The van der Waals surface area contributed by atoms with E-state index in [0.717, 1.165) is 16.6 Å². The van der Waals surface area contributed by atoms with Crippen LogP contribution in [0.25, 0.3) is 11.3 Å². The Balaban J connectivity index is 1.65. The summed E-state index contributed by atoms with van der Waals surface area (Å²) < 4.78 is 42.6. The van der Waals surface area contributed by atoms with Crippen LogP contribution in [0.5, 0.6) is 0 Å². The number of esters is 1. The molecule has 196 valence electrons. The smallest absolute Gasteiger partial charge is 0.414 e. The summed E-state index contributed by atoms with van der Waals surface area (Å²) in [4.78, 5) is 36.4. The first-order valence-corrected chi connectivity index (χ1v) is 11.3. The summed E-state index contributed by atoms with van der Waals surface area (Å²) in [6, 6.07) is 13.5. The number of hydrogen-bond donors (Lipinski definition) is 2. The number of halogens is 2. The van der Waals surface area contributed by atoms with Crippen LogP contribution in [-0.4, -0.2) is 47.9 Å². The Kier molecular flexibility index (Phi) is 9.67. The molecule has 3 rings (SSSR count). The number of rotatable bonds is 11. The van der Waals surface area contributed by atoms with E-state index in [9.17, 15) is 23.2 Å². The Bertz CT molecular complexity index is 1220. The summed E-state index contributed by atoms with van der Waals surface area (Å²) >= 11 is 0. The molecular formula is C25H26F2N4O6. The maximum atomic E-state index is 14.1. The first-order valence-electron chi connectivity index (χ1n) is 11.3. The van der Waals surface area contributed by atoms with Crippen LogP contribution < -0.4 is 10.7 Å². The first-order chi connectivity index (χ1) is 17.8. The van der Waals surface area contributed by atoms with Gasteiger partial charge < -0.3 is 14.0 Å². The number of ether oxygens (including phenoxy) is 2. The normalized spacial score (nSPS) is 11.5. The third-order valence-electron chi connectivity index (χ3n) is 5.30. The number of hydrogen-bond acceptors (Lipinski definition) is 8. The fourth-order valence-electron chi connectivity index (χ4n) is 3.41. The number of benzene rings is 2. The lowest BCUT2D eigenvalue weighted by molar-refractivity contribution is -0.143. The fourth-order valence-corrected chi connectivity index (χ4v) is 3.41. The highest BCUT2D eigenvalue weighted by Crippen LogP contribution is 2.21. The van der Waals surface area contributed by atoms with Crippen LogP contribution in [0.4, 0.5) is 19.5 Å². The maximum Gasteiger partial charge on any atom is 0.414 e. The molecule has 0 spiro atoms. The molecule has 2 aromatic carbocycles. The van der Waals surface area contributed by atoms with Crippen molar-refractivity contribution >= 4 is 23.9 Å². The molecule has 0 bridgehead atoms. The van der Waals surface area contributed by atoms with Crippen molar-refractivity contribution in [2.45, 2.75) is 32.4 Å². The zero-order valence-electron chi connectivity index (χ0n) is 20.2. The molecule has 0 aliphatic heterocycles. The number of aromatic nitrogens is 1. The lowest BCUT2D eigenvalue weighted by Crippen LogP contribution is -2.50. The minimum absolute atomic E-state index is 0.0174. The van der Waals surface area contributed by atoms with E-state index in [1.165, 1.54) is 32.2 Å². The largest absolute Gasteiger partial charge is 0.469 e. The van der Waals surface area contributed by atoms with Crippen LogP contribution in [-0.2, 0) is 25.6 Å². The molecule has 1 heterocycles. The average molecular weight is 517 g/mol. The molecule has 0 radical (unpaired) electrons. The number of amides is 2. The van der Waals surface area contributed by atoms with Gasteiger partial charge in [0, 0.05) is 37.1 Å². The summed E-state index contributed by atoms with van der Waals surface area (Å²) in [5.74, 6) is -3.08. The second-order valence-corrected chi connectivity index (χ2v) is 7.87. The molecule has 37 heavy (non-hydrogen) atoms. The van der Waals surface area contributed by atoms with Gasteiger partial charge in [0.25, 0.3) is 0 Å². The topological polar surface area (TPSA) is 123 Å². The van der Waals surface area contributed by atoms with E-state index in [1.807, 2.05) is 30.3 Å². The van der Waals surface area contributed by atoms with Gasteiger partial charge in [0.05, 0.1) is 13.2 Å². The molecule has 0 fully saturated rings. The van der Waals surface area contributed by atoms with E-state index in [-0.39, 0.29) is 37.4 Å². The average Bonchev–Trinajstić information content (AvgIpc) is 3.36. The van der Waals surface area contributed by atoms with Crippen molar-refractivity contribution in [2.75, 3.05) is 19.0 Å². The highest BCUT2D eigenvalue weighted by Gasteiger charge is 2.25.